The summed E-state index contributed by atoms with van der Waals surface area (Å²) in [6.07, 6.45) is 3.14. The van der Waals surface area contributed by atoms with Gasteiger partial charge in [-0.1, -0.05) is 12.1 Å². The van der Waals surface area contributed by atoms with Crippen molar-refractivity contribution >= 4 is 5.69 Å². The van der Waals surface area contributed by atoms with Gasteiger partial charge in [0.2, 0.25) is 0 Å². The molecule has 1 aromatic carbocycles. The minimum atomic E-state index is 0.00426. The lowest BCUT2D eigenvalue weighted by Gasteiger charge is -2.33. The maximum atomic E-state index is 5.98. The Morgan fingerprint density at radius 1 is 1.35 bits per heavy atom. The van der Waals surface area contributed by atoms with Crippen LogP contribution < -0.4 is 11.1 Å². The molecule has 0 amide bonds. The number of hydrogen-bond donors (Lipinski definition) is 2. The monoisotopic (exact) mass is 234 g/mol. The van der Waals surface area contributed by atoms with Crippen LogP contribution in [0.1, 0.15) is 24.8 Å². The van der Waals surface area contributed by atoms with E-state index >= 15 is 0 Å². The Morgan fingerprint density at radius 3 is 3.00 bits per heavy atom. The molecular formula is C14H22N2O. The maximum absolute atomic E-state index is 5.98. The van der Waals surface area contributed by atoms with Crippen LogP contribution in [-0.4, -0.2) is 25.3 Å². The van der Waals surface area contributed by atoms with Crippen molar-refractivity contribution in [2.75, 3.05) is 25.1 Å². The molecule has 1 atom stereocenters. The molecule has 1 aliphatic heterocycles. The average molecular weight is 234 g/mol. The summed E-state index contributed by atoms with van der Waals surface area (Å²) in [6.45, 7) is 4.42. The van der Waals surface area contributed by atoms with E-state index < -0.39 is 0 Å². The number of ether oxygens (including phenoxy) is 1. The molecule has 0 spiro atoms. The lowest BCUT2D eigenvalue weighted by molar-refractivity contribution is 0.141. The first-order chi connectivity index (χ1) is 8.24. The zero-order chi connectivity index (χ0) is 12.1. The van der Waals surface area contributed by atoms with Crippen LogP contribution in [0.25, 0.3) is 0 Å². The third-order valence-corrected chi connectivity index (χ3v) is 3.49. The molecule has 2 rings (SSSR count). The van der Waals surface area contributed by atoms with Gasteiger partial charge in [0, 0.05) is 25.4 Å². The summed E-state index contributed by atoms with van der Waals surface area (Å²) in [5, 5.41) is 3.62. The molecule has 0 radical (unpaired) electrons. The zero-order valence-electron chi connectivity index (χ0n) is 10.5. The van der Waals surface area contributed by atoms with Crippen LogP contribution in [0.5, 0.6) is 0 Å². The van der Waals surface area contributed by atoms with Crippen LogP contribution in [0.4, 0.5) is 5.69 Å². The smallest absolute Gasteiger partial charge is 0.0518 e. The van der Waals surface area contributed by atoms with E-state index in [1.807, 2.05) is 0 Å². The number of anilines is 1. The van der Waals surface area contributed by atoms with Gasteiger partial charge in [0.1, 0.15) is 0 Å². The van der Waals surface area contributed by atoms with E-state index in [4.69, 9.17) is 10.5 Å². The van der Waals surface area contributed by atoms with Crippen molar-refractivity contribution in [2.24, 2.45) is 5.73 Å². The second kappa shape index (κ2) is 5.52. The van der Waals surface area contributed by atoms with Gasteiger partial charge in [-0.15, -0.1) is 0 Å². The van der Waals surface area contributed by atoms with Crippen molar-refractivity contribution in [3.8, 4) is 0 Å². The Kier molecular flexibility index (Phi) is 4.02. The molecule has 0 bridgehead atoms. The Hall–Kier alpha value is -1.06. The lowest BCUT2D eigenvalue weighted by atomic mass is 9.90. The van der Waals surface area contributed by atoms with Crippen LogP contribution in [0.15, 0.2) is 24.3 Å². The van der Waals surface area contributed by atoms with Crippen molar-refractivity contribution < 1.29 is 4.74 Å². The summed E-state index contributed by atoms with van der Waals surface area (Å²) in [4.78, 5) is 0. The lowest BCUT2D eigenvalue weighted by Crippen LogP contribution is -2.45. The standard InChI is InChI=1S/C14H22N2O/c1-12-4-2-5-13(10-12)16-14(11-15)6-3-8-17-9-7-14/h2,4-5,10,16H,3,6-9,11,15H2,1H3. The first-order valence-electron chi connectivity index (χ1n) is 6.37. The zero-order valence-corrected chi connectivity index (χ0v) is 10.5. The van der Waals surface area contributed by atoms with Crippen molar-refractivity contribution in [1.82, 2.24) is 0 Å². The highest BCUT2D eigenvalue weighted by molar-refractivity contribution is 5.47. The van der Waals surface area contributed by atoms with E-state index in [-0.39, 0.29) is 5.54 Å². The Balaban J connectivity index is 2.12. The minimum Gasteiger partial charge on any atom is -0.381 e. The normalized spacial score (nSPS) is 25.3. The van der Waals surface area contributed by atoms with Crippen molar-refractivity contribution in [1.29, 1.82) is 0 Å². The number of nitrogens with one attached hydrogen (secondary N) is 1. The van der Waals surface area contributed by atoms with Crippen LogP contribution in [-0.2, 0) is 4.74 Å². The molecule has 0 aliphatic carbocycles. The highest BCUT2D eigenvalue weighted by Crippen LogP contribution is 2.25. The summed E-state index contributed by atoms with van der Waals surface area (Å²) >= 11 is 0. The van der Waals surface area contributed by atoms with E-state index in [2.05, 4.69) is 36.5 Å². The number of rotatable bonds is 3. The van der Waals surface area contributed by atoms with E-state index in [9.17, 15) is 0 Å². The summed E-state index contributed by atoms with van der Waals surface area (Å²) in [5.41, 5.74) is 8.41. The van der Waals surface area contributed by atoms with Crippen LogP contribution in [0.3, 0.4) is 0 Å². The van der Waals surface area contributed by atoms with E-state index in [0.29, 0.717) is 6.54 Å². The third-order valence-electron chi connectivity index (χ3n) is 3.49. The van der Waals surface area contributed by atoms with Crippen molar-refractivity contribution in [2.45, 2.75) is 31.7 Å². The largest absolute Gasteiger partial charge is 0.381 e. The Bertz CT molecular complexity index is 357. The van der Waals surface area contributed by atoms with Crippen molar-refractivity contribution in [3.05, 3.63) is 29.8 Å². The van der Waals surface area contributed by atoms with Gasteiger partial charge in [0.15, 0.2) is 0 Å². The molecule has 1 aliphatic rings. The van der Waals surface area contributed by atoms with Crippen LogP contribution in [0, 0.1) is 6.92 Å². The summed E-state index contributed by atoms with van der Waals surface area (Å²) < 4.78 is 5.52. The highest BCUT2D eigenvalue weighted by atomic mass is 16.5. The first kappa shape index (κ1) is 12.4. The molecule has 94 valence electrons. The van der Waals surface area contributed by atoms with Crippen LogP contribution >= 0.6 is 0 Å². The van der Waals surface area contributed by atoms with Gasteiger partial charge in [-0.25, -0.2) is 0 Å². The fraction of sp³-hybridized carbons (Fsp3) is 0.571. The predicted octanol–water partition coefficient (Wildman–Crippen LogP) is 2.30. The van der Waals surface area contributed by atoms with Gasteiger partial charge in [0.25, 0.3) is 0 Å². The van der Waals surface area contributed by atoms with E-state index in [1.165, 1.54) is 5.56 Å². The molecule has 1 aromatic rings. The molecule has 0 aromatic heterocycles. The number of aryl methyl sites for hydroxylation is 1. The average Bonchev–Trinajstić information content (AvgIpc) is 2.55. The van der Waals surface area contributed by atoms with E-state index in [0.717, 1.165) is 38.2 Å². The van der Waals surface area contributed by atoms with Crippen LogP contribution in [0.2, 0.25) is 0 Å². The molecule has 1 saturated heterocycles. The summed E-state index contributed by atoms with van der Waals surface area (Å²) in [7, 11) is 0. The summed E-state index contributed by atoms with van der Waals surface area (Å²) in [6, 6.07) is 8.46. The topological polar surface area (TPSA) is 47.3 Å². The molecule has 1 heterocycles. The number of nitrogens with two attached hydrogens (primary N) is 1. The number of hydrogen-bond acceptors (Lipinski definition) is 3. The summed E-state index contributed by atoms with van der Waals surface area (Å²) in [5.74, 6) is 0. The highest BCUT2D eigenvalue weighted by Gasteiger charge is 2.29. The SMILES string of the molecule is Cc1cccc(NC2(CN)CCCOCC2)c1. The number of benzene rings is 1. The molecule has 3 N–H and O–H groups in total. The van der Waals surface area contributed by atoms with Gasteiger partial charge in [-0.3, -0.25) is 0 Å². The molecule has 1 fully saturated rings. The minimum absolute atomic E-state index is 0.00426. The second-order valence-electron chi connectivity index (χ2n) is 4.94. The van der Waals surface area contributed by atoms with Gasteiger partial charge < -0.3 is 15.8 Å². The van der Waals surface area contributed by atoms with Crippen molar-refractivity contribution in [3.63, 3.8) is 0 Å². The van der Waals surface area contributed by atoms with E-state index in [1.54, 1.807) is 0 Å². The molecule has 3 nitrogen and oxygen atoms in total. The second-order valence-corrected chi connectivity index (χ2v) is 4.94. The molecule has 17 heavy (non-hydrogen) atoms. The first-order valence-corrected chi connectivity index (χ1v) is 6.37. The van der Waals surface area contributed by atoms with Gasteiger partial charge in [0.05, 0.1) is 5.54 Å². The molecule has 0 saturated carbocycles. The third kappa shape index (κ3) is 3.20. The van der Waals surface area contributed by atoms with Gasteiger partial charge in [-0.2, -0.15) is 0 Å². The maximum Gasteiger partial charge on any atom is 0.0518 e. The fourth-order valence-electron chi connectivity index (χ4n) is 2.42. The quantitative estimate of drug-likeness (QED) is 0.843. The predicted molar refractivity (Wildman–Crippen MR) is 71.3 cm³/mol. The molecular weight excluding hydrogens is 212 g/mol. The molecule has 3 heteroatoms. The molecule has 1 unspecified atom stereocenters. The fourth-order valence-corrected chi connectivity index (χ4v) is 2.42. The Morgan fingerprint density at radius 2 is 2.24 bits per heavy atom. The Labute approximate surface area is 103 Å². The van der Waals surface area contributed by atoms with Gasteiger partial charge >= 0.3 is 0 Å². The van der Waals surface area contributed by atoms with Gasteiger partial charge in [-0.05, 0) is 43.9 Å².